The van der Waals surface area contributed by atoms with Gasteiger partial charge in [0.25, 0.3) is 0 Å². The summed E-state index contributed by atoms with van der Waals surface area (Å²) in [6.07, 6.45) is 1.49. The van der Waals surface area contributed by atoms with E-state index >= 15 is 0 Å². The van der Waals surface area contributed by atoms with Gasteiger partial charge in [-0.1, -0.05) is 11.3 Å². The summed E-state index contributed by atoms with van der Waals surface area (Å²) in [5, 5.41) is 5.22. The molecule has 0 aliphatic carbocycles. The van der Waals surface area contributed by atoms with Crippen LogP contribution in [0.4, 0.5) is 0 Å². The van der Waals surface area contributed by atoms with Gasteiger partial charge in [-0.15, -0.1) is 0 Å². The molecule has 7 heteroatoms. The molecule has 1 aromatic rings. The number of likely N-dealkylation sites (tertiary alicyclic amines) is 1. The van der Waals surface area contributed by atoms with E-state index < -0.39 is 0 Å². The van der Waals surface area contributed by atoms with Crippen LogP contribution in [-0.2, 0) is 11.3 Å². The van der Waals surface area contributed by atoms with Crippen LogP contribution in [-0.4, -0.2) is 65.6 Å². The number of aryl methyl sites for hydroxylation is 1. The Hall–Kier alpha value is -1.18. The Morgan fingerprint density at radius 1 is 1.36 bits per heavy atom. The molecule has 0 saturated carbocycles. The molecule has 122 valence electrons. The van der Waals surface area contributed by atoms with E-state index in [2.05, 4.69) is 10.2 Å². The van der Waals surface area contributed by atoms with Crippen LogP contribution in [0.3, 0.4) is 0 Å². The van der Waals surface area contributed by atoms with Gasteiger partial charge in [0.15, 0.2) is 0 Å². The van der Waals surface area contributed by atoms with Crippen molar-refractivity contribution in [3.8, 4) is 0 Å². The molecule has 1 atom stereocenters. The highest BCUT2D eigenvalue weighted by Crippen LogP contribution is 2.17. The fourth-order valence-electron chi connectivity index (χ4n) is 3.35. The highest BCUT2D eigenvalue weighted by molar-refractivity contribution is 7.07. The second kappa shape index (κ2) is 6.93. The van der Waals surface area contributed by atoms with Gasteiger partial charge >= 0.3 is 4.87 Å². The Morgan fingerprint density at radius 2 is 2.14 bits per heavy atom. The number of hydrogen-bond acceptors (Lipinski definition) is 5. The van der Waals surface area contributed by atoms with Gasteiger partial charge in [0.05, 0.1) is 0 Å². The van der Waals surface area contributed by atoms with Crippen molar-refractivity contribution in [3.05, 3.63) is 20.7 Å². The number of aromatic nitrogens is 1. The summed E-state index contributed by atoms with van der Waals surface area (Å²) in [7, 11) is 0. The first kappa shape index (κ1) is 15.7. The summed E-state index contributed by atoms with van der Waals surface area (Å²) in [6, 6.07) is 0.511. The Balaban J connectivity index is 1.50. The van der Waals surface area contributed by atoms with Crippen LogP contribution in [0.25, 0.3) is 0 Å². The summed E-state index contributed by atoms with van der Waals surface area (Å²) < 4.78 is 1.70. The maximum absolute atomic E-state index is 12.4. The summed E-state index contributed by atoms with van der Waals surface area (Å²) in [5.41, 5.74) is 0.947. The third-order valence-corrected chi connectivity index (χ3v) is 5.59. The van der Waals surface area contributed by atoms with E-state index in [1.807, 2.05) is 17.2 Å². The number of carbonyl (C=O) groups excluding carboxylic acids is 1. The topological polar surface area (TPSA) is 57.6 Å². The molecular weight excluding hydrogens is 300 g/mol. The van der Waals surface area contributed by atoms with Crippen molar-refractivity contribution in [2.24, 2.45) is 0 Å². The molecule has 1 N–H and O–H groups in total. The highest BCUT2D eigenvalue weighted by atomic mass is 32.1. The molecule has 2 aliphatic heterocycles. The molecule has 3 heterocycles. The van der Waals surface area contributed by atoms with Crippen LogP contribution in [0.1, 0.15) is 18.5 Å². The largest absolute Gasteiger partial charge is 0.341 e. The molecule has 0 bridgehead atoms. The van der Waals surface area contributed by atoms with Crippen molar-refractivity contribution in [1.29, 1.82) is 0 Å². The minimum atomic E-state index is 0.0328. The van der Waals surface area contributed by atoms with Crippen molar-refractivity contribution in [2.75, 3.05) is 39.3 Å². The van der Waals surface area contributed by atoms with Crippen molar-refractivity contribution in [2.45, 2.75) is 32.4 Å². The molecule has 2 saturated heterocycles. The van der Waals surface area contributed by atoms with E-state index in [0.717, 1.165) is 51.4 Å². The highest BCUT2D eigenvalue weighted by Gasteiger charge is 2.30. The Kier molecular flexibility index (Phi) is 4.95. The van der Waals surface area contributed by atoms with Crippen LogP contribution < -0.4 is 10.2 Å². The number of nitrogens with one attached hydrogen (secondary N) is 1. The number of hydrogen-bond donors (Lipinski definition) is 1. The second-order valence-corrected chi connectivity index (χ2v) is 6.93. The summed E-state index contributed by atoms with van der Waals surface area (Å²) in [4.78, 5) is 28.6. The number of nitrogens with zero attached hydrogens (tertiary/aromatic N) is 3. The van der Waals surface area contributed by atoms with Crippen LogP contribution in [0.15, 0.2) is 10.2 Å². The van der Waals surface area contributed by atoms with Crippen molar-refractivity contribution in [1.82, 2.24) is 19.7 Å². The summed E-state index contributed by atoms with van der Waals surface area (Å²) in [5.74, 6) is 0.176. The molecule has 0 radical (unpaired) electrons. The zero-order valence-corrected chi connectivity index (χ0v) is 13.9. The molecule has 0 aromatic carbocycles. The third kappa shape index (κ3) is 3.42. The Labute approximate surface area is 134 Å². The molecule has 1 amide bonds. The first-order valence-electron chi connectivity index (χ1n) is 8.02. The number of piperazine rings is 1. The quantitative estimate of drug-likeness (QED) is 0.854. The summed E-state index contributed by atoms with van der Waals surface area (Å²) in [6.45, 7) is 8.36. The average Bonchev–Trinajstić information content (AvgIpc) is 3.14. The lowest BCUT2D eigenvalue weighted by Gasteiger charge is -2.32. The molecule has 22 heavy (non-hydrogen) atoms. The van der Waals surface area contributed by atoms with E-state index in [1.165, 1.54) is 11.3 Å². The number of amides is 1. The normalized spacial score (nSPS) is 23.1. The van der Waals surface area contributed by atoms with Crippen LogP contribution in [0.5, 0.6) is 0 Å². The lowest BCUT2D eigenvalue weighted by molar-refractivity contribution is -0.130. The van der Waals surface area contributed by atoms with Crippen molar-refractivity contribution in [3.63, 3.8) is 0 Å². The molecule has 2 aliphatic rings. The molecule has 0 spiro atoms. The van der Waals surface area contributed by atoms with E-state index in [9.17, 15) is 9.59 Å². The Morgan fingerprint density at radius 3 is 2.82 bits per heavy atom. The fraction of sp³-hybridized carbons (Fsp3) is 0.733. The number of thiazole rings is 1. The molecule has 3 rings (SSSR count). The minimum absolute atomic E-state index is 0.0328. The second-order valence-electron chi connectivity index (χ2n) is 6.11. The van der Waals surface area contributed by atoms with E-state index in [0.29, 0.717) is 19.0 Å². The molecule has 1 unspecified atom stereocenters. The van der Waals surface area contributed by atoms with Gasteiger partial charge in [-0.3, -0.25) is 14.5 Å². The van der Waals surface area contributed by atoms with Crippen LogP contribution in [0, 0.1) is 6.92 Å². The first-order valence-corrected chi connectivity index (χ1v) is 8.90. The lowest BCUT2D eigenvalue weighted by atomic mass is 10.2. The zero-order chi connectivity index (χ0) is 15.5. The van der Waals surface area contributed by atoms with E-state index in [1.54, 1.807) is 4.57 Å². The lowest BCUT2D eigenvalue weighted by Crippen LogP contribution is -2.49. The van der Waals surface area contributed by atoms with Gasteiger partial charge in [-0.2, -0.15) is 0 Å². The van der Waals surface area contributed by atoms with Crippen molar-refractivity contribution < 1.29 is 4.79 Å². The number of carbonyl (C=O) groups is 1. The SMILES string of the molecule is Cc1csc(=O)n1CCC(=O)N1CCC(N2CCNCC2)C1. The van der Waals surface area contributed by atoms with Crippen LogP contribution in [0.2, 0.25) is 0 Å². The van der Waals surface area contributed by atoms with Gasteiger partial charge in [0, 0.05) is 69.3 Å². The maximum Gasteiger partial charge on any atom is 0.307 e. The van der Waals surface area contributed by atoms with Gasteiger partial charge in [-0.05, 0) is 13.3 Å². The predicted octanol–water partition coefficient (Wildman–Crippen LogP) is 0.114. The Bertz CT molecular complexity index is 576. The zero-order valence-electron chi connectivity index (χ0n) is 13.1. The summed E-state index contributed by atoms with van der Waals surface area (Å²) >= 11 is 1.20. The maximum atomic E-state index is 12.4. The van der Waals surface area contributed by atoms with Crippen molar-refractivity contribution >= 4 is 17.2 Å². The van der Waals surface area contributed by atoms with Gasteiger partial charge in [0.1, 0.15) is 0 Å². The first-order chi connectivity index (χ1) is 10.6. The predicted molar refractivity (Wildman–Crippen MR) is 87.4 cm³/mol. The standard InChI is InChI=1S/C15H24N4O2S/c1-12-11-22-15(21)19(12)7-3-14(20)18-6-2-13(10-18)17-8-4-16-5-9-17/h11,13,16H,2-10H2,1H3. The van der Waals surface area contributed by atoms with Gasteiger partial charge < -0.3 is 14.8 Å². The van der Waals surface area contributed by atoms with E-state index in [-0.39, 0.29) is 10.8 Å². The van der Waals surface area contributed by atoms with Crippen LogP contribution >= 0.6 is 11.3 Å². The van der Waals surface area contributed by atoms with E-state index in [4.69, 9.17) is 0 Å². The molecule has 2 fully saturated rings. The average molecular weight is 324 g/mol. The smallest absolute Gasteiger partial charge is 0.307 e. The van der Waals surface area contributed by atoms with Gasteiger partial charge in [0.2, 0.25) is 5.91 Å². The monoisotopic (exact) mass is 324 g/mol. The number of rotatable bonds is 4. The molecule has 6 nitrogen and oxygen atoms in total. The van der Waals surface area contributed by atoms with Gasteiger partial charge in [-0.25, -0.2) is 0 Å². The molecular formula is C15H24N4O2S. The molecule has 1 aromatic heterocycles. The third-order valence-electron chi connectivity index (χ3n) is 4.71. The minimum Gasteiger partial charge on any atom is -0.341 e. The fourth-order valence-corrected chi connectivity index (χ4v) is 4.11.